The molecule has 13 heavy (non-hydrogen) atoms. The highest BCUT2D eigenvalue weighted by atomic mass is 16.5. The van der Waals surface area contributed by atoms with Gasteiger partial charge in [-0.1, -0.05) is 6.92 Å². The highest BCUT2D eigenvalue weighted by molar-refractivity contribution is 5.77. The predicted molar refractivity (Wildman–Crippen MR) is 50.7 cm³/mol. The molecule has 0 aliphatic heterocycles. The van der Waals surface area contributed by atoms with Crippen LogP contribution in [-0.4, -0.2) is 32.1 Å². The number of guanidine groups is 1. The fourth-order valence-corrected chi connectivity index (χ4v) is 0.666. The molecule has 0 fully saturated rings. The van der Waals surface area contributed by atoms with Crippen molar-refractivity contribution >= 4 is 11.9 Å². The minimum absolute atomic E-state index is 0.211. The van der Waals surface area contributed by atoms with Crippen molar-refractivity contribution in [2.24, 2.45) is 0 Å². The first kappa shape index (κ1) is 11.7. The lowest BCUT2D eigenvalue weighted by atomic mass is 10.4. The third-order valence-corrected chi connectivity index (χ3v) is 1.35. The Kier molecular flexibility index (Phi) is 6.68. The highest BCUT2D eigenvalue weighted by Crippen LogP contribution is 1.86. The van der Waals surface area contributed by atoms with Crippen molar-refractivity contribution in [1.29, 1.82) is 5.41 Å². The molecule has 0 aromatic carbocycles. The van der Waals surface area contributed by atoms with E-state index in [2.05, 4.69) is 10.6 Å². The number of rotatable bonds is 5. The molecule has 0 bridgehead atoms. The van der Waals surface area contributed by atoms with E-state index in [1.165, 1.54) is 0 Å². The fourth-order valence-electron chi connectivity index (χ4n) is 0.666. The first-order valence-corrected chi connectivity index (χ1v) is 4.36. The summed E-state index contributed by atoms with van der Waals surface area (Å²) in [5.41, 5.74) is 0. The van der Waals surface area contributed by atoms with Gasteiger partial charge in [-0.3, -0.25) is 10.2 Å². The number of carbonyl (C=O) groups is 1. The van der Waals surface area contributed by atoms with Crippen molar-refractivity contribution in [3.63, 3.8) is 0 Å². The van der Waals surface area contributed by atoms with E-state index in [1.807, 2.05) is 6.92 Å². The van der Waals surface area contributed by atoms with Crippen LogP contribution < -0.4 is 10.6 Å². The molecular weight excluding hydrogens is 170 g/mol. The molecule has 76 valence electrons. The lowest BCUT2D eigenvalue weighted by Gasteiger charge is -2.06. The number of hydrogen-bond donors (Lipinski definition) is 3. The second kappa shape index (κ2) is 7.39. The average molecular weight is 187 g/mol. The number of hydrogen-bond acceptors (Lipinski definition) is 3. The SMILES string of the molecule is CCCOC(=O)CCNC(=N)NC. The summed E-state index contributed by atoms with van der Waals surface area (Å²) < 4.78 is 4.84. The van der Waals surface area contributed by atoms with Crippen LogP contribution in [0.4, 0.5) is 0 Å². The smallest absolute Gasteiger partial charge is 0.307 e. The maximum absolute atomic E-state index is 10.9. The Balaban J connectivity index is 3.31. The van der Waals surface area contributed by atoms with Crippen LogP contribution in [0.15, 0.2) is 0 Å². The van der Waals surface area contributed by atoms with Crippen LogP contribution in [0.2, 0.25) is 0 Å². The molecule has 5 heteroatoms. The van der Waals surface area contributed by atoms with Gasteiger partial charge in [0.05, 0.1) is 13.0 Å². The molecule has 0 aromatic heterocycles. The number of carbonyl (C=O) groups excluding carboxylic acids is 1. The summed E-state index contributed by atoms with van der Waals surface area (Å²) in [6, 6.07) is 0. The Hall–Kier alpha value is -1.26. The van der Waals surface area contributed by atoms with Gasteiger partial charge in [0.1, 0.15) is 0 Å². The van der Waals surface area contributed by atoms with Crippen molar-refractivity contribution in [3.8, 4) is 0 Å². The van der Waals surface area contributed by atoms with E-state index in [9.17, 15) is 4.79 Å². The van der Waals surface area contributed by atoms with Gasteiger partial charge in [0.15, 0.2) is 5.96 Å². The quantitative estimate of drug-likeness (QED) is 0.323. The second-order valence-corrected chi connectivity index (χ2v) is 2.52. The second-order valence-electron chi connectivity index (χ2n) is 2.52. The Labute approximate surface area is 78.4 Å². The van der Waals surface area contributed by atoms with E-state index in [0.29, 0.717) is 19.6 Å². The van der Waals surface area contributed by atoms with Crippen molar-refractivity contribution in [3.05, 3.63) is 0 Å². The van der Waals surface area contributed by atoms with Gasteiger partial charge in [0.25, 0.3) is 0 Å². The van der Waals surface area contributed by atoms with E-state index < -0.39 is 0 Å². The molecule has 0 aliphatic rings. The van der Waals surface area contributed by atoms with Crippen LogP contribution in [0.1, 0.15) is 19.8 Å². The average Bonchev–Trinajstić information content (AvgIpc) is 2.14. The summed E-state index contributed by atoms with van der Waals surface area (Å²) in [4.78, 5) is 10.9. The lowest BCUT2D eigenvalue weighted by Crippen LogP contribution is -2.35. The first-order valence-electron chi connectivity index (χ1n) is 4.36. The van der Waals surface area contributed by atoms with E-state index in [0.717, 1.165) is 6.42 Å². The van der Waals surface area contributed by atoms with E-state index in [1.54, 1.807) is 7.05 Å². The molecule has 0 aliphatic carbocycles. The molecule has 0 heterocycles. The number of ether oxygens (including phenoxy) is 1. The van der Waals surface area contributed by atoms with Gasteiger partial charge in [-0.25, -0.2) is 0 Å². The zero-order chi connectivity index (χ0) is 10.1. The summed E-state index contributed by atoms with van der Waals surface area (Å²) in [6.45, 7) is 2.85. The van der Waals surface area contributed by atoms with Gasteiger partial charge in [-0.2, -0.15) is 0 Å². The van der Waals surface area contributed by atoms with Crippen molar-refractivity contribution in [2.75, 3.05) is 20.2 Å². The molecule has 0 rings (SSSR count). The van der Waals surface area contributed by atoms with Crippen LogP contribution >= 0.6 is 0 Å². The topological polar surface area (TPSA) is 74.2 Å². The molecule has 3 N–H and O–H groups in total. The van der Waals surface area contributed by atoms with Crippen molar-refractivity contribution in [1.82, 2.24) is 10.6 Å². The number of nitrogens with one attached hydrogen (secondary N) is 3. The van der Waals surface area contributed by atoms with E-state index in [4.69, 9.17) is 10.1 Å². The zero-order valence-corrected chi connectivity index (χ0v) is 8.14. The van der Waals surface area contributed by atoms with Crippen molar-refractivity contribution in [2.45, 2.75) is 19.8 Å². The van der Waals surface area contributed by atoms with Gasteiger partial charge >= 0.3 is 5.97 Å². The molecule has 0 amide bonds. The summed E-state index contributed by atoms with van der Waals surface area (Å²) >= 11 is 0. The summed E-state index contributed by atoms with van der Waals surface area (Å²) in [7, 11) is 1.64. The normalized spacial score (nSPS) is 9.08. The van der Waals surface area contributed by atoms with Gasteiger partial charge in [-0.05, 0) is 6.42 Å². The molecule has 0 aromatic rings. The molecule has 0 saturated carbocycles. The predicted octanol–water partition coefficient (Wildman–Crippen LogP) is 0.0735. The summed E-state index contributed by atoms with van der Waals surface area (Å²) in [5, 5.41) is 12.5. The van der Waals surface area contributed by atoms with Gasteiger partial charge in [-0.15, -0.1) is 0 Å². The van der Waals surface area contributed by atoms with E-state index >= 15 is 0 Å². The Bertz CT molecular complexity index is 171. The number of esters is 1. The molecule has 0 saturated heterocycles. The standard InChI is InChI=1S/C8H17N3O2/c1-3-6-13-7(12)4-5-11-8(9)10-2/h3-6H2,1-2H3,(H3,9,10,11). The maximum atomic E-state index is 10.9. The van der Waals surface area contributed by atoms with Gasteiger partial charge in [0.2, 0.25) is 0 Å². The fraction of sp³-hybridized carbons (Fsp3) is 0.750. The summed E-state index contributed by atoms with van der Waals surface area (Å²) in [5.74, 6) is -0.0125. The Morgan fingerprint density at radius 3 is 2.77 bits per heavy atom. The Morgan fingerprint density at radius 2 is 2.23 bits per heavy atom. The largest absolute Gasteiger partial charge is 0.466 e. The lowest BCUT2D eigenvalue weighted by molar-refractivity contribution is -0.143. The van der Waals surface area contributed by atoms with E-state index in [-0.39, 0.29) is 11.9 Å². The minimum Gasteiger partial charge on any atom is -0.466 e. The first-order chi connectivity index (χ1) is 6.20. The highest BCUT2D eigenvalue weighted by Gasteiger charge is 2.01. The molecule has 5 nitrogen and oxygen atoms in total. The Morgan fingerprint density at radius 1 is 1.54 bits per heavy atom. The monoisotopic (exact) mass is 187 g/mol. The zero-order valence-electron chi connectivity index (χ0n) is 8.14. The molecule has 0 spiro atoms. The minimum atomic E-state index is -0.224. The van der Waals surface area contributed by atoms with Crippen LogP contribution in [0.3, 0.4) is 0 Å². The van der Waals surface area contributed by atoms with Gasteiger partial charge in [0, 0.05) is 13.6 Å². The van der Waals surface area contributed by atoms with Crippen molar-refractivity contribution < 1.29 is 9.53 Å². The van der Waals surface area contributed by atoms with Gasteiger partial charge < -0.3 is 15.4 Å². The molecule has 0 unspecified atom stereocenters. The third-order valence-electron chi connectivity index (χ3n) is 1.35. The molecule has 0 radical (unpaired) electrons. The van der Waals surface area contributed by atoms with Crippen LogP contribution in [-0.2, 0) is 9.53 Å². The summed E-state index contributed by atoms with van der Waals surface area (Å²) in [6.07, 6.45) is 1.13. The van der Waals surface area contributed by atoms with Crippen LogP contribution in [0.5, 0.6) is 0 Å². The molecular formula is C8H17N3O2. The van der Waals surface area contributed by atoms with Crippen LogP contribution in [0, 0.1) is 5.41 Å². The van der Waals surface area contributed by atoms with Crippen LogP contribution in [0.25, 0.3) is 0 Å². The third kappa shape index (κ3) is 7.11. The maximum Gasteiger partial charge on any atom is 0.307 e. The molecule has 0 atom stereocenters.